The zero-order chi connectivity index (χ0) is 28.2. The number of amides is 3. The minimum atomic E-state index is -4.51. The summed E-state index contributed by atoms with van der Waals surface area (Å²) in [6.45, 7) is 4.83. The summed E-state index contributed by atoms with van der Waals surface area (Å²) in [6, 6.07) is 6.34. The predicted molar refractivity (Wildman–Crippen MR) is 134 cm³/mol. The lowest BCUT2D eigenvalue weighted by atomic mass is 9.66. The van der Waals surface area contributed by atoms with E-state index in [0.717, 1.165) is 6.07 Å². The number of carbonyl (C=O) groups is 2. The summed E-state index contributed by atoms with van der Waals surface area (Å²) in [5, 5.41) is 14.2. The van der Waals surface area contributed by atoms with E-state index in [0.29, 0.717) is 36.4 Å². The van der Waals surface area contributed by atoms with E-state index in [4.69, 9.17) is 0 Å². The van der Waals surface area contributed by atoms with Crippen molar-refractivity contribution in [1.29, 1.82) is 0 Å². The normalized spacial score (nSPS) is 22.3. The van der Waals surface area contributed by atoms with Crippen LogP contribution in [-0.4, -0.2) is 51.5 Å². The van der Waals surface area contributed by atoms with Crippen molar-refractivity contribution in [3.05, 3.63) is 65.4 Å². The summed E-state index contributed by atoms with van der Waals surface area (Å²) in [6.07, 6.45) is -1.59. The smallest absolute Gasteiger partial charge is 0.384 e. The molecule has 39 heavy (non-hydrogen) atoms. The van der Waals surface area contributed by atoms with Gasteiger partial charge in [0.1, 0.15) is 11.5 Å². The number of fused-ring (bicyclic) bond motifs is 1. The molecular formula is C27H27F4N5O3. The average molecular weight is 546 g/mol. The van der Waals surface area contributed by atoms with E-state index >= 15 is 4.39 Å². The number of aromatic nitrogens is 2. The number of piperidine rings is 1. The van der Waals surface area contributed by atoms with E-state index in [2.05, 4.69) is 15.3 Å². The van der Waals surface area contributed by atoms with Crippen molar-refractivity contribution in [1.82, 2.24) is 20.2 Å². The van der Waals surface area contributed by atoms with Crippen LogP contribution in [0.4, 0.5) is 28.0 Å². The summed E-state index contributed by atoms with van der Waals surface area (Å²) in [5.74, 6) is -1.03. The van der Waals surface area contributed by atoms with Crippen LogP contribution in [0.25, 0.3) is 10.9 Å². The van der Waals surface area contributed by atoms with Gasteiger partial charge in [0.2, 0.25) is 5.91 Å². The molecule has 0 aliphatic carbocycles. The number of alkyl halides is 3. The van der Waals surface area contributed by atoms with Gasteiger partial charge in [0, 0.05) is 55.2 Å². The number of benzene rings is 1. The van der Waals surface area contributed by atoms with E-state index in [1.807, 2.05) is 18.7 Å². The summed E-state index contributed by atoms with van der Waals surface area (Å²) >= 11 is 0. The van der Waals surface area contributed by atoms with Crippen LogP contribution >= 0.6 is 0 Å². The summed E-state index contributed by atoms with van der Waals surface area (Å²) < 4.78 is 54.6. The van der Waals surface area contributed by atoms with Crippen molar-refractivity contribution in [2.45, 2.75) is 45.0 Å². The molecule has 0 unspecified atom stereocenters. The fourth-order valence-electron chi connectivity index (χ4n) is 5.44. The number of likely N-dealkylation sites (tertiary alicyclic amines) is 1. The molecule has 3 amide bonds. The Bertz CT molecular complexity index is 1440. The number of carbonyl (C=O) groups excluding carboxylic acids is 2. The molecule has 8 nitrogen and oxygen atoms in total. The Labute approximate surface area is 221 Å². The van der Waals surface area contributed by atoms with Gasteiger partial charge >= 0.3 is 12.2 Å². The monoisotopic (exact) mass is 545 g/mol. The van der Waals surface area contributed by atoms with E-state index in [-0.39, 0.29) is 36.2 Å². The molecule has 1 aromatic carbocycles. The molecule has 2 fully saturated rings. The molecule has 3 aromatic rings. The maximum atomic E-state index is 16.0. The van der Waals surface area contributed by atoms with Crippen LogP contribution < -0.4 is 10.2 Å². The number of imide groups is 1. The maximum absolute atomic E-state index is 16.0. The molecule has 2 aliphatic rings. The van der Waals surface area contributed by atoms with E-state index in [9.17, 15) is 27.9 Å². The predicted octanol–water partition coefficient (Wildman–Crippen LogP) is 4.35. The Morgan fingerprint density at radius 3 is 2.49 bits per heavy atom. The van der Waals surface area contributed by atoms with Gasteiger partial charge in [0.25, 0.3) is 0 Å². The standard InChI is InChI=1S/C27H27F4N5O3/c1-25(2)15-35(14-16-3-6-21(33-12-16)27(29,30)31)10-8-26(25,39)19-4-5-20-18(23(19)28)11-17(13-32-20)36-9-7-22(37)34-24(36)38/h3-6,11-13,39H,7-10,14-15H2,1-2H3,(H,34,37,38)/t26-/m0/s1. The molecule has 2 aliphatic heterocycles. The molecule has 2 aromatic heterocycles. The largest absolute Gasteiger partial charge is 0.433 e. The lowest BCUT2D eigenvalue weighted by molar-refractivity contribution is -0.141. The molecule has 206 valence electrons. The van der Waals surface area contributed by atoms with Crippen LogP contribution in [-0.2, 0) is 23.1 Å². The molecule has 2 N–H and O–H groups in total. The number of pyridine rings is 2. The first kappa shape index (κ1) is 26.9. The van der Waals surface area contributed by atoms with Gasteiger partial charge in [-0.15, -0.1) is 0 Å². The number of anilines is 1. The van der Waals surface area contributed by atoms with Gasteiger partial charge in [-0.1, -0.05) is 26.0 Å². The Morgan fingerprint density at radius 2 is 1.85 bits per heavy atom. The van der Waals surface area contributed by atoms with Crippen molar-refractivity contribution < 1.29 is 32.3 Å². The maximum Gasteiger partial charge on any atom is 0.433 e. The van der Waals surface area contributed by atoms with Gasteiger partial charge in [0.05, 0.1) is 23.0 Å². The molecular weight excluding hydrogens is 518 g/mol. The highest BCUT2D eigenvalue weighted by Crippen LogP contribution is 2.48. The lowest BCUT2D eigenvalue weighted by Gasteiger charge is -2.50. The fourth-order valence-corrected chi connectivity index (χ4v) is 5.44. The van der Waals surface area contributed by atoms with Crippen molar-refractivity contribution in [2.75, 3.05) is 24.5 Å². The van der Waals surface area contributed by atoms with Crippen LogP contribution in [0.3, 0.4) is 0 Å². The van der Waals surface area contributed by atoms with Crippen LogP contribution in [0.5, 0.6) is 0 Å². The number of rotatable bonds is 4. The van der Waals surface area contributed by atoms with Gasteiger partial charge < -0.3 is 5.11 Å². The lowest BCUT2D eigenvalue weighted by Crippen LogP contribution is -2.55. The number of hydrogen-bond donors (Lipinski definition) is 2. The van der Waals surface area contributed by atoms with Crippen LogP contribution in [0, 0.1) is 11.2 Å². The minimum Gasteiger partial charge on any atom is -0.384 e. The second-order valence-corrected chi connectivity index (χ2v) is 10.7. The SMILES string of the molecule is CC1(C)CN(Cc2ccc(C(F)(F)F)nc2)CC[C@]1(O)c1ccc2ncc(N3CCC(=O)NC3=O)cc2c1F. The van der Waals surface area contributed by atoms with Gasteiger partial charge in [0.15, 0.2) is 0 Å². The third kappa shape index (κ3) is 4.94. The molecule has 2 saturated heterocycles. The molecule has 0 spiro atoms. The number of halogens is 4. The Kier molecular flexibility index (Phi) is 6.58. The molecule has 0 saturated carbocycles. The quantitative estimate of drug-likeness (QED) is 0.473. The first-order chi connectivity index (χ1) is 18.3. The Balaban J connectivity index is 1.40. The zero-order valence-electron chi connectivity index (χ0n) is 21.3. The number of nitrogens with zero attached hydrogens (tertiary/aromatic N) is 4. The van der Waals surface area contributed by atoms with Crippen molar-refractivity contribution in [3.63, 3.8) is 0 Å². The second-order valence-electron chi connectivity index (χ2n) is 10.7. The molecule has 12 heteroatoms. The van der Waals surface area contributed by atoms with Crippen LogP contribution in [0.15, 0.2) is 42.7 Å². The van der Waals surface area contributed by atoms with Crippen LogP contribution in [0.1, 0.15) is 43.5 Å². The van der Waals surface area contributed by atoms with Gasteiger partial charge in [-0.25, -0.2) is 9.18 Å². The van der Waals surface area contributed by atoms with Crippen molar-refractivity contribution in [2.24, 2.45) is 5.41 Å². The topological polar surface area (TPSA) is 98.7 Å². The Morgan fingerprint density at radius 1 is 1.08 bits per heavy atom. The highest BCUT2D eigenvalue weighted by Gasteiger charge is 2.50. The number of aliphatic hydroxyl groups is 1. The molecule has 5 rings (SSSR count). The summed E-state index contributed by atoms with van der Waals surface area (Å²) in [7, 11) is 0. The number of nitrogens with one attached hydrogen (secondary N) is 1. The molecule has 0 bridgehead atoms. The molecule has 1 atom stereocenters. The molecule has 4 heterocycles. The zero-order valence-corrected chi connectivity index (χ0v) is 21.3. The average Bonchev–Trinajstić information content (AvgIpc) is 2.86. The number of hydrogen-bond acceptors (Lipinski definition) is 6. The van der Waals surface area contributed by atoms with Crippen molar-refractivity contribution in [3.8, 4) is 0 Å². The van der Waals surface area contributed by atoms with Gasteiger partial charge in [-0.2, -0.15) is 13.2 Å². The number of urea groups is 1. The van der Waals surface area contributed by atoms with Crippen LogP contribution in [0.2, 0.25) is 0 Å². The van der Waals surface area contributed by atoms with E-state index < -0.39 is 34.7 Å². The van der Waals surface area contributed by atoms with Crippen molar-refractivity contribution >= 4 is 28.5 Å². The molecule has 0 radical (unpaired) electrons. The highest BCUT2D eigenvalue weighted by molar-refractivity contribution is 6.06. The third-order valence-corrected chi connectivity index (χ3v) is 7.65. The fraction of sp³-hybridized carbons (Fsp3) is 0.407. The van der Waals surface area contributed by atoms with Gasteiger partial charge in [-0.3, -0.25) is 29.9 Å². The third-order valence-electron chi connectivity index (χ3n) is 7.65. The van der Waals surface area contributed by atoms with Gasteiger partial charge in [-0.05, 0) is 30.2 Å². The first-order valence-corrected chi connectivity index (χ1v) is 12.5. The highest BCUT2D eigenvalue weighted by atomic mass is 19.4. The summed E-state index contributed by atoms with van der Waals surface area (Å²) in [4.78, 5) is 34.9. The van der Waals surface area contributed by atoms with E-state index in [1.165, 1.54) is 35.5 Å². The van der Waals surface area contributed by atoms with E-state index in [1.54, 1.807) is 6.07 Å². The second kappa shape index (κ2) is 9.53. The first-order valence-electron chi connectivity index (χ1n) is 12.5. The summed E-state index contributed by atoms with van der Waals surface area (Å²) in [5.41, 5.74) is -1.96. The minimum absolute atomic E-state index is 0.105. The Hall–Kier alpha value is -3.64.